The molecule has 0 atom stereocenters. The third-order valence-electron chi connectivity index (χ3n) is 2.52. The Morgan fingerprint density at radius 2 is 2.20 bits per heavy atom. The molecule has 0 radical (unpaired) electrons. The summed E-state index contributed by atoms with van der Waals surface area (Å²) in [5.41, 5.74) is 3.84. The lowest BCUT2D eigenvalue weighted by Gasteiger charge is -1.98. The van der Waals surface area contributed by atoms with E-state index in [2.05, 4.69) is 31.4 Å². The first kappa shape index (κ1) is 14.3. The van der Waals surface area contributed by atoms with Crippen LogP contribution in [0.25, 0.3) is 0 Å². The van der Waals surface area contributed by atoms with Gasteiger partial charge in [-0.05, 0) is 6.07 Å². The molecule has 0 spiro atoms. The number of benzene rings is 1. The molecule has 0 saturated heterocycles. The van der Waals surface area contributed by atoms with Gasteiger partial charge in [-0.25, -0.2) is 10.4 Å². The molecule has 1 heterocycles. The maximum atomic E-state index is 9.00. The van der Waals surface area contributed by atoms with Crippen molar-refractivity contribution in [2.45, 2.75) is 19.8 Å². The molecule has 1 N–H and O–H groups in total. The number of halogens is 1. The number of hydrazone groups is 1. The van der Waals surface area contributed by atoms with Crippen molar-refractivity contribution < 1.29 is 4.42 Å². The molecule has 1 aromatic carbocycles. The zero-order valence-electron chi connectivity index (χ0n) is 11.1. The van der Waals surface area contributed by atoms with Gasteiger partial charge in [0.1, 0.15) is 6.07 Å². The van der Waals surface area contributed by atoms with Crippen LogP contribution in [0, 0.1) is 11.3 Å². The molecular weight excluding hydrogens is 320 g/mol. The number of rotatable bonds is 4. The minimum Gasteiger partial charge on any atom is -0.422 e. The van der Waals surface area contributed by atoms with Crippen molar-refractivity contribution in [1.29, 1.82) is 5.26 Å². The summed E-state index contributed by atoms with van der Waals surface area (Å²) in [5, 5.41) is 13.1. The van der Waals surface area contributed by atoms with Crippen LogP contribution in [-0.4, -0.2) is 11.2 Å². The number of hydrogen-bond donors (Lipinski definition) is 1. The molecule has 0 fully saturated rings. The molecule has 0 bridgehead atoms. The topological polar surface area (TPSA) is 74.2 Å². The predicted octanol–water partition coefficient (Wildman–Crippen LogP) is 3.88. The number of nitrogens with one attached hydrogen (secondary N) is 1. The zero-order chi connectivity index (χ0) is 14.5. The van der Waals surface area contributed by atoms with Gasteiger partial charge in [0, 0.05) is 16.0 Å². The van der Waals surface area contributed by atoms with Crippen molar-refractivity contribution in [2.75, 3.05) is 5.43 Å². The maximum Gasteiger partial charge on any atom is 0.252 e. The minimum absolute atomic E-state index is 0.116. The number of nitrogens with zero attached hydrogens (tertiary/aromatic N) is 3. The van der Waals surface area contributed by atoms with E-state index in [1.54, 1.807) is 6.21 Å². The Morgan fingerprint density at radius 3 is 2.85 bits per heavy atom. The van der Waals surface area contributed by atoms with Crippen LogP contribution in [0.4, 0.5) is 5.88 Å². The average molecular weight is 333 g/mol. The van der Waals surface area contributed by atoms with Crippen LogP contribution >= 0.6 is 15.9 Å². The van der Waals surface area contributed by atoms with E-state index < -0.39 is 0 Å². The molecule has 0 aliphatic heterocycles. The van der Waals surface area contributed by atoms with Gasteiger partial charge >= 0.3 is 0 Å². The minimum atomic E-state index is 0.116. The molecule has 1 aromatic heterocycles. The highest BCUT2D eigenvalue weighted by Crippen LogP contribution is 2.22. The Kier molecular flexibility index (Phi) is 4.53. The van der Waals surface area contributed by atoms with Crippen LogP contribution in [0.5, 0.6) is 0 Å². The highest BCUT2D eigenvalue weighted by atomic mass is 79.9. The summed E-state index contributed by atoms with van der Waals surface area (Å²) in [7, 11) is 0. The number of aromatic nitrogens is 1. The number of anilines is 1. The van der Waals surface area contributed by atoms with Gasteiger partial charge in [-0.1, -0.05) is 48.0 Å². The van der Waals surface area contributed by atoms with Gasteiger partial charge < -0.3 is 4.42 Å². The van der Waals surface area contributed by atoms with E-state index in [4.69, 9.17) is 9.68 Å². The van der Waals surface area contributed by atoms with Crippen LogP contribution in [0.1, 0.15) is 36.9 Å². The molecule has 0 aliphatic carbocycles. The van der Waals surface area contributed by atoms with Crippen molar-refractivity contribution in [2.24, 2.45) is 5.10 Å². The van der Waals surface area contributed by atoms with E-state index in [0.717, 1.165) is 10.0 Å². The van der Waals surface area contributed by atoms with Crippen molar-refractivity contribution in [3.05, 3.63) is 45.9 Å². The van der Waals surface area contributed by atoms with Gasteiger partial charge in [0.15, 0.2) is 0 Å². The van der Waals surface area contributed by atoms with Gasteiger partial charge in [-0.2, -0.15) is 10.4 Å². The van der Waals surface area contributed by atoms with Crippen molar-refractivity contribution in [3.8, 4) is 6.07 Å². The van der Waals surface area contributed by atoms with Crippen molar-refractivity contribution in [1.82, 2.24) is 4.98 Å². The first-order chi connectivity index (χ1) is 9.61. The molecule has 5 nitrogen and oxygen atoms in total. The lowest BCUT2D eigenvalue weighted by Crippen LogP contribution is -1.92. The van der Waals surface area contributed by atoms with E-state index in [1.165, 1.54) is 0 Å². The van der Waals surface area contributed by atoms with E-state index >= 15 is 0 Å². The van der Waals surface area contributed by atoms with Gasteiger partial charge in [-0.15, -0.1) is 0 Å². The number of oxazole rings is 1. The quantitative estimate of drug-likeness (QED) is 0.681. The van der Waals surface area contributed by atoms with Crippen molar-refractivity contribution >= 4 is 28.0 Å². The normalized spacial score (nSPS) is 10.9. The first-order valence-electron chi connectivity index (χ1n) is 6.06. The van der Waals surface area contributed by atoms with Gasteiger partial charge in [0.2, 0.25) is 11.6 Å². The molecule has 0 aliphatic rings. The zero-order valence-corrected chi connectivity index (χ0v) is 12.7. The Bertz CT molecular complexity index is 670. The Hall–Kier alpha value is -2.13. The second kappa shape index (κ2) is 6.35. The fraction of sp³-hybridized carbons (Fsp3) is 0.214. The monoisotopic (exact) mass is 332 g/mol. The highest BCUT2D eigenvalue weighted by Gasteiger charge is 2.14. The molecule has 0 amide bonds. The number of nitriles is 1. The molecular formula is C14H13BrN4O. The smallest absolute Gasteiger partial charge is 0.252 e. The van der Waals surface area contributed by atoms with E-state index in [-0.39, 0.29) is 17.5 Å². The van der Waals surface area contributed by atoms with Crippen LogP contribution in [0.3, 0.4) is 0 Å². The van der Waals surface area contributed by atoms with E-state index in [0.29, 0.717) is 5.89 Å². The predicted molar refractivity (Wildman–Crippen MR) is 80.7 cm³/mol. The van der Waals surface area contributed by atoms with Gasteiger partial charge in [0.25, 0.3) is 5.88 Å². The summed E-state index contributed by atoms with van der Waals surface area (Å²) in [4.78, 5) is 4.10. The molecule has 102 valence electrons. The molecule has 6 heteroatoms. The fourth-order valence-corrected chi connectivity index (χ4v) is 1.86. The summed E-state index contributed by atoms with van der Waals surface area (Å²) < 4.78 is 6.40. The van der Waals surface area contributed by atoms with Crippen molar-refractivity contribution in [3.63, 3.8) is 0 Å². The summed E-state index contributed by atoms with van der Waals surface area (Å²) in [6, 6.07) is 9.66. The summed E-state index contributed by atoms with van der Waals surface area (Å²) >= 11 is 3.43. The highest BCUT2D eigenvalue weighted by molar-refractivity contribution is 9.10. The summed E-state index contributed by atoms with van der Waals surface area (Å²) in [5.74, 6) is 0.893. The molecule has 2 rings (SSSR count). The molecule has 20 heavy (non-hydrogen) atoms. The lowest BCUT2D eigenvalue weighted by atomic mass is 10.2. The van der Waals surface area contributed by atoms with Gasteiger partial charge in [-0.3, -0.25) is 0 Å². The SMILES string of the molecule is CC(C)c1nc(C#N)c(N/N=C/c2ccccc2Br)o1. The van der Waals surface area contributed by atoms with Crippen LogP contribution in [-0.2, 0) is 0 Å². The maximum absolute atomic E-state index is 9.00. The van der Waals surface area contributed by atoms with E-state index in [1.807, 2.05) is 44.2 Å². The second-order valence-corrected chi connectivity index (χ2v) is 5.24. The Balaban J connectivity index is 2.15. The van der Waals surface area contributed by atoms with Crippen LogP contribution in [0.15, 0.2) is 38.3 Å². The average Bonchev–Trinajstić information content (AvgIpc) is 2.84. The summed E-state index contributed by atoms with van der Waals surface area (Å²) in [6.45, 7) is 3.89. The third kappa shape index (κ3) is 3.25. The Labute approximate surface area is 125 Å². The molecule has 0 saturated carbocycles. The van der Waals surface area contributed by atoms with Crippen LogP contribution in [0.2, 0.25) is 0 Å². The van der Waals surface area contributed by atoms with E-state index in [9.17, 15) is 0 Å². The second-order valence-electron chi connectivity index (χ2n) is 4.39. The van der Waals surface area contributed by atoms with Gasteiger partial charge in [0.05, 0.1) is 6.21 Å². The fourth-order valence-electron chi connectivity index (χ4n) is 1.48. The molecule has 0 unspecified atom stereocenters. The number of hydrogen-bond acceptors (Lipinski definition) is 5. The largest absolute Gasteiger partial charge is 0.422 e. The third-order valence-corrected chi connectivity index (χ3v) is 3.24. The summed E-state index contributed by atoms with van der Waals surface area (Å²) in [6.07, 6.45) is 1.64. The lowest BCUT2D eigenvalue weighted by molar-refractivity contribution is 0.481. The molecule has 2 aromatic rings. The Morgan fingerprint density at radius 1 is 1.45 bits per heavy atom. The standard InChI is InChI=1S/C14H13BrN4O/c1-9(2)13-18-12(7-16)14(20-13)19-17-8-10-5-3-4-6-11(10)15/h3-6,8-9,19H,1-2H3/b17-8+. The first-order valence-corrected chi connectivity index (χ1v) is 6.85. The van der Waals surface area contributed by atoms with Crippen LogP contribution < -0.4 is 5.43 Å².